The maximum absolute atomic E-state index is 12.1. The Morgan fingerprint density at radius 1 is 1.16 bits per heavy atom. The maximum atomic E-state index is 12.1. The highest BCUT2D eigenvalue weighted by Crippen LogP contribution is 2.28. The Morgan fingerprint density at radius 3 is 2.62 bits per heavy atom. The van der Waals surface area contributed by atoms with Crippen LogP contribution in [0.4, 0.5) is 4.79 Å². The Balaban J connectivity index is 1.71. The molecule has 1 amide bonds. The van der Waals surface area contributed by atoms with E-state index in [1.165, 1.54) is 0 Å². The molecule has 0 spiro atoms. The summed E-state index contributed by atoms with van der Waals surface area (Å²) in [6, 6.07) is 13.5. The third-order valence-electron chi connectivity index (χ3n) is 4.96. The molecule has 3 rings (SSSR count). The summed E-state index contributed by atoms with van der Waals surface area (Å²) in [7, 11) is 0. The summed E-state index contributed by atoms with van der Waals surface area (Å²) in [4.78, 5) is 16.8. The van der Waals surface area contributed by atoms with E-state index < -0.39 is 17.2 Å². The number of ether oxygens (including phenoxy) is 2. The number of hydrogen-bond donors (Lipinski definition) is 2. The first-order valence-corrected chi connectivity index (χ1v) is 10.9. The standard InChI is InChI=1S/C25H32N2O5/c1-6-30-19-9-7-8-18(15-19)22-26-20-14-17(10-11-21(20)31-22)12-13-25(5,16-28)27-23(29)32-24(2,3)4/h7-11,14-15,28H,6,12-13,16H2,1-5H3,(H,27,29). The fourth-order valence-corrected chi connectivity index (χ4v) is 3.29. The SMILES string of the molecule is CCOc1cccc(-c2nc3cc(CCC(C)(CO)NC(=O)OC(C)(C)C)ccc3o2)c1. The van der Waals surface area contributed by atoms with Gasteiger partial charge in [0.25, 0.3) is 0 Å². The van der Waals surface area contributed by atoms with Crippen LogP contribution in [0.25, 0.3) is 22.6 Å². The van der Waals surface area contributed by atoms with E-state index >= 15 is 0 Å². The molecule has 32 heavy (non-hydrogen) atoms. The highest BCUT2D eigenvalue weighted by molar-refractivity contribution is 5.77. The topological polar surface area (TPSA) is 93.8 Å². The molecule has 0 fully saturated rings. The molecule has 3 aromatic rings. The van der Waals surface area contributed by atoms with E-state index in [2.05, 4.69) is 10.3 Å². The normalized spacial score (nSPS) is 13.6. The van der Waals surface area contributed by atoms with Crippen molar-refractivity contribution in [2.24, 2.45) is 0 Å². The van der Waals surface area contributed by atoms with Crippen LogP contribution in [0.2, 0.25) is 0 Å². The fourth-order valence-electron chi connectivity index (χ4n) is 3.29. The van der Waals surface area contributed by atoms with Crippen molar-refractivity contribution in [1.82, 2.24) is 10.3 Å². The first-order chi connectivity index (χ1) is 15.1. The number of alkyl carbamates (subject to hydrolysis) is 1. The van der Waals surface area contributed by atoms with Gasteiger partial charge in [-0.3, -0.25) is 0 Å². The predicted molar refractivity (Wildman–Crippen MR) is 124 cm³/mol. The second kappa shape index (κ2) is 9.61. The molecule has 7 nitrogen and oxygen atoms in total. The van der Waals surface area contributed by atoms with E-state index in [0.717, 1.165) is 22.4 Å². The van der Waals surface area contributed by atoms with Crippen molar-refractivity contribution < 1.29 is 23.8 Å². The van der Waals surface area contributed by atoms with Gasteiger partial charge in [0.2, 0.25) is 5.89 Å². The van der Waals surface area contributed by atoms with E-state index in [9.17, 15) is 9.90 Å². The Hall–Kier alpha value is -3.06. The number of amides is 1. The molecule has 0 aliphatic carbocycles. The number of fused-ring (bicyclic) bond motifs is 1. The number of nitrogens with one attached hydrogen (secondary N) is 1. The highest BCUT2D eigenvalue weighted by Gasteiger charge is 2.28. The molecule has 2 N–H and O–H groups in total. The molecule has 0 aliphatic rings. The number of aliphatic hydroxyl groups is 1. The Labute approximate surface area is 188 Å². The summed E-state index contributed by atoms with van der Waals surface area (Å²) in [6.45, 7) is 9.55. The van der Waals surface area contributed by atoms with Crippen LogP contribution in [0.15, 0.2) is 46.9 Å². The molecule has 0 bridgehead atoms. The second-order valence-corrected chi connectivity index (χ2v) is 9.13. The van der Waals surface area contributed by atoms with Gasteiger partial charge in [0.05, 0.1) is 18.8 Å². The lowest BCUT2D eigenvalue weighted by Gasteiger charge is -2.30. The number of hydrogen-bond acceptors (Lipinski definition) is 6. The maximum Gasteiger partial charge on any atom is 0.408 e. The summed E-state index contributed by atoms with van der Waals surface area (Å²) in [5.74, 6) is 1.30. The minimum atomic E-state index is -0.800. The van der Waals surface area contributed by atoms with Crippen LogP contribution in [0.5, 0.6) is 5.75 Å². The quantitative estimate of drug-likeness (QED) is 0.506. The average Bonchev–Trinajstić information content (AvgIpc) is 3.15. The van der Waals surface area contributed by atoms with Crippen LogP contribution in [0.1, 0.15) is 46.6 Å². The molecule has 7 heteroatoms. The molecule has 1 unspecified atom stereocenters. The molecule has 1 atom stereocenters. The van der Waals surface area contributed by atoms with E-state index in [1.54, 1.807) is 27.7 Å². The molecule has 0 saturated heterocycles. The van der Waals surface area contributed by atoms with Crippen molar-refractivity contribution in [3.63, 3.8) is 0 Å². The first kappa shape index (κ1) is 23.6. The number of benzene rings is 2. The van der Waals surface area contributed by atoms with Crippen molar-refractivity contribution in [1.29, 1.82) is 0 Å². The predicted octanol–water partition coefficient (Wildman–Crippen LogP) is 5.10. The summed E-state index contributed by atoms with van der Waals surface area (Å²) in [6.07, 6.45) is 0.639. The zero-order valence-electron chi connectivity index (χ0n) is 19.4. The van der Waals surface area contributed by atoms with Crippen LogP contribution < -0.4 is 10.1 Å². The van der Waals surface area contributed by atoms with Crippen molar-refractivity contribution in [3.8, 4) is 17.2 Å². The number of carbonyl (C=O) groups excluding carboxylic acids is 1. The third-order valence-corrected chi connectivity index (χ3v) is 4.96. The van der Waals surface area contributed by atoms with Gasteiger partial charge in [-0.15, -0.1) is 0 Å². The molecule has 1 heterocycles. The Morgan fingerprint density at radius 2 is 1.94 bits per heavy atom. The van der Waals surface area contributed by atoms with Crippen molar-refractivity contribution in [3.05, 3.63) is 48.0 Å². The van der Waals surface area contributed by atoms with Gasteiger partial charge < -0.3 is 24.3 Å². The number of aryl methyl sites for hydroxylation is 1. The number of aliphatic hydroxyl groups excluding tert-OH is 1. The van der Waals surface area contributed by atoms with E-state index in [1.807, 2.05) is 49.4 Å². The van der Waals surface area contributed by atoms with E-state index in [-0.39, 0.29) is 6.61 Å². The summed E-state index contributed by atoms with van der Waals surface area (Å²) in [5, 5.41) is 12.7. The van der Waals surface area contributed by atoms with Gasteiger partial charge in [-0.2, -0.15) is 0 Å². The number of aromatic nitrogens is 1. The lowest BCUT2D eigenvalue weighted by Crippen LogP contribution is -2.50. The monoisotopic (exact) mass is 440 g/mol. The molecule has 0 radical (unpaired) electrons. The number of carbonyl (C=O) groups is 1. The van der Waals surface area contributed by atoms with Crippen LogP contribution in [0.3, 0.4) is 0 Å². The molecular weight excluding hydrogens is 408 g/mol. The van der Waals surface area contributed by atoms with Crippen LogP contribution in [-0.4, -0.2) is 40.5 Å². The Bertz CT molecular complexity index is 1070. The first-order valence-electron chi connectivity index (χ1n) is 10.9. The lowest BCUT2D eigenvalue weighted by molar-refractivity contribution is 0.0407. The molecule has 0 aliphatic heterocycles. The number of oxazole rings is 1. The van der Waals surface area contributed by atoms with Gasteiger partial charge in [0.1, 0.15) is 16.9 Å². The average molecular weight is 441 g/mol. The van der Waals surface area contributed by atoms with Crippen molar-refractivity contribution in [2.75, 3.05) is 13.2 Å². The van der Waals surface area contributed by atoms with Gasteiger partial charge in [0.15, 0.2) is 5.58 Å². The van der Waals surface area contributed by atoms with Gasteiger partial charge in [-0.25, -0.2) is 9.78 Å². The van der Waals surface area contributed by atoms with Crippen LogP contribution >= 0.6 is 0 Å². The zero-order chi connectivity index (χ0) is 23.4. The van der Waals surface area contributed by atoms with Gasteiger partial charge in [-0.05, 0) is 83.4 Å². The Kier molecular flexibility index (Phi) is 7.09. The van der Waals surface area contributed by atoms with Gasteiger partial charge in [0, 0.05) is 5.56 Å². The molecular formula is C25H32N2O5. The smallest absolute Gasteiger partial charge is 0.408 e. The van der Waals surface area contributed by atoms with Crippen LogP contribution in [-0.2, 0) is 11.2 Å². The number of rotatable bonds is 8. The zero-order valence-corrected chi connectivity index (χ0v) is 19.4. The van der Waals surface area contributed by atoms with Crippen LogP contribution in [0, 0.1) is 0 Å². The second-order valence-electron chi connectivity index (χ2n) is 9.13. The molecule has 1 aromatic heterocycles. The molecule has 172 valence electrons. The van der Waals surface area contributed by atoms with E-state index in [0.29, 0.717) is 30.9 Å². The minimum Gasteiger partial charge on any atom is -0.494 e. The third kappa shape index (κ3) is 6.23. The lowest BCUT2D eigenvalue weighted by atomic mass is 9.94. The summed E-state index contributed by atoms with van der Waals surface area (Å²) >= 11 is 0. The summed E-state index contributed by atoms with van der Waals surface area (Å²) in [5.41, 5.74) is 1.94. The fraction of sp³-hybridized carbons (Fsp3) is 0.440. The highest BCUT2D eigenvalue weighted by atomic mass is 16.6. The number of nitrogens with zero attached hydrogens (tertiary/aromatic N) is 1. The largest absolute Gasteiger partial charge is 0.494 e. The molecule has 0 saturated carbocycles. The molecule has 2 aromatic carbocycles. The van der Waals surface area contributed by atoms with Crippen molar-refractivity contribution >= 4 is 17.2 Å². The van der Waals surface area contributed by atoms with Gasteiger partial charge >= 0.3 is 6.09 Å². The summed E-state index contributed by atoms with van der Waals surface area (Å²) < 4.78 is 16.8. The van der Waals surface area contributed by atoms with Crippen molar-refractivity contribution in [2.45, 2.75) is 58.6 Å². The minimum absolute atomic E-state index is 0.196. The van der Waals surface area contributed by atoms with Gasteiger partial charge in [-0.1, -0.05) is 12.1 Å². The van der Waals surface area contributed by atoms with E-state index in [4.69, 9.17) is 13.9 Å².